The van der Waals surface area contributed by atoms with Gasteiger partial charge in [-0.2, -0.15) is 5.10 Å². The predicted octanol–water partition coefficient (Wildman–Crippen LogP) is 2.13. The molecule has 0 radical (unpaired) electrons. The standard InChI is InChI=1S/C11H14N4/c1-3-4-10-13-11(15-14-10)9-5-8(2)6-12-7-9/h5-7H,3-4H2,1-2H3,(H,13,14,15). The number of H-pyrrole nitrogens is 1. The van der Waals surface area contributed by atoms with Gasteiger partial charge in [0, 0.05) is 24.4 Å². The molecule has 4 heteroatoms. The van der Waals surface area contributed by atoms with Crippen LogP contribution in [0.5, 0.6) is 0 Å². The fourth-order valence-corrected chi connectivity index (χ4v) is 1.45. The first-order valence-corrected chi connectivity index (χ1v) is 5.13. The van der Waals surface area contributed by atoms with Crippen molar-refractivity contribution >= 4 is 0 Å². The van der Waals surface area contributed by atoms with Crippen molar-refractivity contribution < 1.29 is 0 Å². The Labute approximate surface area is 88.8 Å². The lowest BCUT2D eigenvalue weighted by Gasteiger charge is -1.95. The number of hydrogen-bond donors (Lipinski definition) is 1. The van der Waals surface area contributed by atoms with E-state index in [1.165, 1.54) is 0 Å². The van der Waals surface area contributed by atoms with Crippen LogP contribution < -0.4 is 0 Å². The summed E-state index contributed by atoms with van der Waals surface area (Å²) in [5, 5.41) is 7.11. The van der Waals surface area contributed by atoms with Crippen LogP contribution in [0.4, 0.5) is 0 Å². The van der Waals surface area contributed by atoms with E-state index in [1.807, 2.05) is 19.2 Å². The molecule has 0 saturated heterocycles. The molecule has 2 rings (SSSR count). The van der Waals surface area contributed by atoms with E-state index >= 15 is 0 Å². The van der Waals surface area contributed by atoms with Gasteiger partial charge >= 0.3 is 0 Å². The molecule has 2 aromatic rings. The number of pyridine rings is 1. The third-order valence-corrected chi connectivity index (χ3v) is 2.15. The molecule has 0 saturated carbocycles. The number of nitrogens with zero attached hydrogens (tertiary/aromatic N) is 3. The average Bonchev–Trinajstić information content (AvgIpc) is 2.67. The normalized spacial score (nSPS) is 10.5. The van der Waals surface area contributed by atoms with E-state index in [0.29, 0.717) is 0 Å². The lowest BCUT2D eigenvalue weighted by atomic mass is 10.2. The van der Waals surface area contributed by atoms with E-state index in [4.69, 9.17) is 0 Å². The Bertz CT molecular complexity index is 447. The molecule has 0 amide bonds. The van der Waals surface area contributed by atoms with Crippen molar-refractivity contribution in [2.45, 2.75) is 26.7 Å². The summed E-state index contributed by atoms with van der Waals surface area (Å²) in [5.74, 6) is 1.67. The van der Waals surface area contributed by atoms with Crippen LogP contribution >= 0.6 is 0 Å². The maximum absolute atomic E-state index is 4.40. The first-order valence-electron chi connectivity index (χ1n) is 5.13. The second-order valence-electron chi connectivity index (χ2n) is 3.61. The largest absolute Gasteiger partial charge is 0.264 e. The molecule has 0 atom stereocenters. The summed E-state index contributed by atoms with van der Waals surface area (Å²) in [6.07, 6.45) is 5.61. The van der Waals surface area contributed by atoms with Crippen LogP contribution in [-0.4, -0.2) is 20.2 Å². The smallest absolute Gasteiger partial charge is 0.182 e. The molecule has 15 heavy (non-hydrogen) atoms. The van der Waals surface area contributed by atoms with Gasteiger partial charge in [-0.3, -0.25) is 10.1 Å². The first kappa shape index (κ1) is 9.83. The van der Waals surface area contributed by atoms with Gasteiger partial charge in [0.25, 0.3) is 0 Å². The van der Waals surface area contributed by atoms with E-state index in [0.717, 1.165) is 35.6 Å². The molecular weight excluding hydrogens is 188 g/mol. The van der Waals surface area contributed by atoms with E-state index in [9.17, 15) is 0 Å². The summed E-state index contributed by atoms with van der Waals surface area (Å²) in [5.41, 5.74) is 2.09. The van der Waals surface area contributed by atoms with Gasteiger partial charge in [0.15, 0.2) is 5.82 Å². The summed E-state index contributed by atoms with van der Waals surface area (Å²) < 4.78 is 0. The fraction of sp³-hybridized carbons (Fsp3) is 0.364. The van der Waals surface area contributed by atoms with Crippen LogP contribution in [0.2, 0.25) is 0 Å². The van der Waals surface area contributed by atoms with Crippen molar-refractivity contribution in [3.63, 3.8) is 0 Å². The number of hydrogen-bond acceptors (Lipinski definition) is 3. The summed E-state index contributed by atoms with van der Waals surface area (Å²) in [6, 6.07) is 2.03. The van der Waals surface area contributed by atoms with Crippen LogP contribution in [0.15, 0.2) is 18.5 Å². The van der Waals surface area contributed by atoms with E-state index in [-0.39, 0.29) is 0 Å². The molecule has 0 aliphatic rings. The lowest BCUT2D eigenvalue weighted by Crippen LogP contribution is -1.86. The SMILES string of the molecule is CCCc1nc(-c2cncc(C)c2)n[nH]1. The molecule has 0 aliphatic carbocycles. The monoisotopic (exact) mass is 202 g/mol. The van der Waals surface area contributed by atoms with Crippen LogP contribution in [0.25, 0.3) is 11.4 Å². The number of aryl methyl sites for hydroxylation is 2. The third kappa shape index (κ3) is 2.21. The van der Waals surface area contributed by atoms with E-state index in [1.54, 1.807) is 6.20 Å². The molecule has 0 bridgehead atoms. The maximum Gasteiger partial charge on any atom is 0.182 e. The lowest BCUT2D eigenvalue weighted by molar-refractivity contribution is 0.841. The van der Waals surface area contributed by atoms with Crippen molar-refractivity contribution in [2.75, 3.05) is 0 Å². The number of aromatic amines is 1. The highest BCUT2D eigenvalue weighted by atomic mass is 15.2. The molecule has 2 heterocycles. The van der Waals surface area contributed by atoms with Crippen LogP contribution in [0.3, 0.4) is 0 Å². The second kappa shape index (κ2) is 4.21. The van der Waals surface area contributed by atoms with Gasteiger partial charge in [-0.25, -0.2) is 4.98 Å². The van der Waals surface area contributed by atoms with Crippen molar-refractivity contribution in [3.05, 3.63) is 29.8 Å². The Morgan fingerprint density at radius 2 is 2.20 bits per heavy atom. The highest BCUT2D eigenvalue weighted by Crippen LogP contribution is 2.14. The Morgan fingerprint density at radius 1 is 1.33 bits per heavy atom. The van der Waals surface area contributed by atoms with Crippen molar-refractivity contribution in [1.82, 2.24) is 20.2 Å². The van der Waals surface area contributed by atoms with Gasteiger partial charge in [0.1, 0.15) is 5.82 Å². The predicted molar refractivity (Wildman–Crippen MR) is 58.3 cm³/mol. The van der Waals surface area contributed by atoms with Gasteiger partial charge in [-0.15, -0.1) is 0 Å². The molecule has 4 nitrogen and oxygen atoms in total. The van der Waals surface area contributed by atoms with Crippen molar-refractivity contribution in [2.24, 2.45) is 0 Å². The Kier molecular flexibility index (Phi) is 2.76. The van der Waals surface area contributed by atoms with E-state index in [2.05, 4.69) is 27.1 Å². The van der Waals surface area contributed by atoms with Gasteiger partial charge in [-0.1, -0.05) is 6.92 Å². The van der Waals surface area contributed by atoms with Gasteiger partial charge in [0.2, 0.25) is 0 Å². The third-order valence-electron chi connectivity index (χ3n) is 2.15. The number of rotatable bonds is 3. The number of nitrogens with one attached hydrogen (secondary N) is 1. The summed E-state index contributed by atoms with van der Waals surface area (Å²) >= 11 is 0. The molecule has 0 unspecified atom stereocenters. The molecule has 0 aliphatic heterocycles. The van der Waals surface area contributed by atoms with Crippen LogP contribution in [-0.2, 0) is 6.42 Å². The quantitative estimate of drug-likeness (QED) is 0.829. The highest BCUT2D eigenvalue weighted by molar-refractivity contribution is 5.53. The summed E-state index contributed by atoms with van der Waals surface area (Å²) in [7, 11) is 0. The molecule has 0 aromatic carbocycles. The van der Waals surface area contributed by atoms with Crippen molar-refractivity contribution in [1.29, 1.82) is 0 Å². The molecule has 0 fully saturated rings. The molecule has 1 N–H and O–H groups in total. The molecule has 2 aromatic heterocycles. The minimum atomic E-state index is 0.731. The zero-order valence-electron chi connectivity index (χ0n) is 8.99. The average molecular weight is 202 g/mol. The minimum Gasteiger partial charge on any atom is -0.264 e. The fourth-order valence-electron chi connectivity index (χ4n) is 1.45. The van der Waals surface area contributed by atoms with Crippen LogP contribution in [0, 0.1) is 6.92 Å². The highest BCUT2D eigenvalue weighted by Gasteiger charge is 2.05. The topological polar surface area (TPSA) is 54.5 Å². The Hall–Kier alpha value is -1.71. The molecular formula is C11H14N4. The van der Waals surface area contributed by atoms with Crippen molar-refractivity contribution in [3.8, 4) is 11.4 Å². The van der Waals surface area contributed by atoms with Crippen LogP contribution in [0.1, 0.15) is 24.7 Å². The maximum atomic E-state index is 4.40. The second-order valence-corrected chi connectivity index (χ2v) is 3.61. The van der Waals surface area contributed by atoms with Gasteiger partial charge in [-0.05, 0) is 25.0 Å². The minimum absolute atomic E-state index is 0.731. The van der Waals surface area contributed by atoms with Gasteiger partial charge in [0.05, 0.1) is 0 Å². The van der Waals surface area contributed by atoms with Gasteiger partial charge < -0.3 is 0 Å². The summed E-state index contributed by atoms with van der Waals surface area (Å²) in [6.45, 7) is 4.13. The Morgan fingerprint density at radius 3 is 2.93 bits per heavy atom. The Balaban J connectivity index is 2.29. The summed E-state index contributed by atoms with van der Waals surface area (Å²) in [4.78, 5) is 8.53. The zero-order valence-corrected chi connectivity index (χ0v) is 8.99. The molecule has 78 valence electrons. The van der Waals surface area contributed by atoms with E-state index < -0.39 is 0 Å². The zero-order chi connectivity index (χ0) is 10.7. The molecule has 0 spiro atoms. The first-order chi connectivity index (χ1) is 7.29. The number of aromatic nitrogens is 4.